The van der Waals surface area contributed by atoms with Crippen LogP contribution in [0.25, 0.3) is 33.3 Å². The van der Waals surface area contributed by atoms with Gasteiger partial charge in [-0.3, -0.25) is 14.5 Å². The molecule has 0 aliphatic carbocycles. The molecule has 0 spiro atoms. The van der Waals surface area contributed by atoms with E-state index in [9.17, 15) is 9.59 Å². The molecule has 3 aromatic carbocycles. The number of aromatic nitrogens is 3. The molecule has 1 saturated heterocycles. The summed E-state index contributed by atoms with van der Waals surface area (Å²) in [7, 11) is 0. The number of amides is 1. The molecule has 8 nitrogen and oxygen atoms in total. The third kappa shape index (κ3) is 4.94. The van der Waals surface area contributed by atoms with Gasteiger partial charge in [0, 0.05) is 50.5 Å². The lowest BCUT2D eigenvalue weighted by Crippen LogP contribution is -2.45. The number of anilines is 1. The Morgan fingerprint density at radius 3 is 2.56 bits per heavy atom. The third-order valence-electron chi connectivity index (χ3n) is 8.42. The van der Waals surface area contributed by atoms with Gasteiger partial charge in [-0.15, -0.1) is 0 Å². The minimum absolute atomic E-state index is 0.0401. The summed E-state index contributed by atoms with van der Waals surface area (Å²) in [6.07, 6.45) is 2.08. The van der Waals surface area contributed by atoms with Crippen molar-refractivity contribution in [1.82, 2.24) is 24.3 Å². The van der Waals surface area contributed by atoms with Crippen LogP contribution in [-0.2, 0) is 19.5 Å². The van der Waals surface area contributed by atoms with E-state index < -0.39 is 0 Å². The first-order chi connectivity index (χ1) is 20.1. The SMILES string of the molecule is CCCN1CCN(Cc2ccc(NC(=O)c3ccc4nc(-c5cc6cccc7c6n(c5=O)CC7)[nH]c4c3)cc2)CC1. The third-order valence-corrected chi connectivity index (χ3v) is 8.42. The van der Waals surface area contributed by atoms with Gasteiger partial charge in [-0.05, 0) is 72.3 Å². The fourth-order valence-electron chi connectivity index (χ4n) is 6.26. The van der Waals surface area contributed by atoms with Crippen LogP contribution >= 0.6 is 0 Å². The largest absolute Gasteiger partial charge is 0.338 e. The molecule has 1 fully saturated rings. The van der Waals surface area contributed by atoms with Gasteiger partial charge in [0.2, 0.25) is 0 Å². The minimum Gasteiger partial charge on any atom is -0.338 e. The van der Waals surface area contributed by atoms with Gasteiger partial charge in [-0.25, -0.2) is 4.98 Å². The Morgan fingerprint density at radius 1 is 0.951 bits per heavy atom. The fraction of sp³-hybridized carbons (Fsp3) is 0.303. The van der Waals surface area contributed by atoms with Crippen LogP contribution in [0.1, 0.15) is 34.8 Å². The van der Waals surface area contributed by atoms with Crippen LogP contribution in [0.2, 0.25) is 0 Å². The van der Waals surface area contributed by atoms with Crippen molar-refractivity contribution in [2.75, 3.05) is 38.0 Å². The Labute approximate surface area is 238 Å². The number of rotatable bonds is 7. The molecule has 208 valence electrons. The van der Waals surface area contributed by atoms with Gasteiger partial charge < -0.3 is 19.8 Å². The monoisotopic (exact) mass is 546 g/mol. The van der Waals surface area contributed by atoms with E-state index in [2.05, 4.69) is 45.2 Å². The lowest BCUT2D eigenvalue weighted by Gasteiger charge is -2.34. The average Bonchev–Trinajstić information content (AvgIpc) is 3.62. The molecule has 0 bridgehead atoms. The summed E-state index contributed by atoms with van der Waals surface area (Å²) in [4.78, 5) is 39.4. The topological polar surface area (TPSA) is 86.3 Å². The van der Waals surface area contributed by atoms with Crippen molar-refractivity contribution in [3.8, 4) is 11.4 Å². The van der Waals surface area contributed by atoms with Gasteiger partial charge in [-0.1, -0.05) is 37.3 Å². The molecule has 0 saturated carbocycles. The molecule has 0 radical (unpaired) electrons. The number of carbonyl (C=O) groups excluding carboxylic acids is 1. The van der Waals surface area contributed by atoms with Gasteiger partial charge >= 0.3 is 0 Å². The fourth-order valence-corrected chi connectivity index (χ4v) is 6.26. The van der Waals surface area contributed by atoms with E-state index in [1.165, 1.54) is 24.1 Å². The van der Waals surface area contributed by atoms with Crippen molar-refractivity contribution in [2.24, 2.45) is 0 Å². The Balaban J connectivity index is 1.05. The second-order valence-corrected chi connectivity index (χ2v) is 11.2. The molecular weight excluding hydrogens is 512 g/mol. The molecule has 2 aliphatic heterocycles. The molecule has 41 heavy (non-hydrogen) atoms. The molecule has 7 rings (SSSR count). The molecule has 0 unspecified atom stereocenters. The first-order valence-corrected chi connectivity index (χ1v) is 14.6. The zero-order valence-electron chi connectivity index (χ0n) is 23.3. The molecule has 4 heterocycles. The van der Waals surface area contributed by atoms with Crippen molar-refractivity contribution in [1.29, 1.82) is 0 Å². The van der Waals surface area contributed by atoms with E-state index >= 15 is 0 Å². The summed E-state index contributed by atoms with van der Waals surface area (Å²) in [6.45, 7) is 9.47. The zero-order chi connectivity index (χ0) is 27.9. The summed E-state index contributed by atoms with van der Waals surface area (Å²) in [6, 6.07) is 21.6. The van der Waals surface area contributed by atoms with Crippen LogP contribution in [0.4, 0.5) is 5.69 Å². The standard InChI is InChI=1S/C33H34N6O2/c1-2-13-37-15-17-38(18-16-37)21-22-6-9-26(10-7-22)34-32(40)25-8-11-28-29(20-25)36-31(35-28)27-19-24-5-3-4-23-12-14-39(30(23)24)33(27)41/h3-11,19-20H,2,12-18,21H2,1H3,(H,34,40)(H,35,36). The molecular formula is C33H34N6O2. The zero-order valence-corrected chi connectivity index (χ0v) is 23.3. The average molecular weight is 547 g/mol. The van der Waals surface area contributed by atoms with Gasteiger partial charge in [0.05, 0.1) is 22.1 Å². The highest BCUT2D eigenvalue weighted by molar-refractivity contribution is 6.06. The summed E-state index contributed by atoms with van der Waals surface area (Å²) < 4.78 is 1.85. The number of H-pyrrole nitrogens is 1. The molecule has 8 heteroatoms. The normalized spacial score (nSPS) is 15.6. The quantitative estimate of drug-likeness (QED) is 0.304. The van der Waals surface area contributed by atoms with Gasteiger partial charge in [-0.2, -0.15) is 0 Å². The number of aromatic amines is 1. The lowest BCUT2D eigenvalue weighted by atomic mass is 10.1. The first-order valence-electron chi connectivity index (χ1n) is 14.6. The van der Waals surface area contributed by atoms with E-state index in [-0.39, 0.29) is 11.5 Å². The van der Waals surface area contributed by atoms with E-state index in [4.69, 9.17) is 4.98 Å². The molecule has 2 N–H and O–H groups in total. The predicted molar refractivity (Wildman–Crippen MR) is 163 cm³/mol. The Morgan fingerprint density at radius 2 is 1.76 bits per heavy atom. The summed E-state index contributed by atoms with van der Waals surface area (Å²) in [5.74, 6) is 0.335. The highest BCUT2D eigenvalue weighted by atomic mass is 16.1. The molecule has 2 aromatic heterocycles. The maximum atomic E-state index is 13.3. The number of hydrogen-bond acceptors (Lipinski definition) is 5. The van der Waals surface area contributed by atoms with Gasteiger partial charge in [0.1, 0.15) is 5.82 Å². The Hall–Kier alpha value is -4.27. The van der Waals surface area contributed by atoms with Crippen LogP contribution in [0.5, 0.6) is 0 Å². The minimum atomic E-state index is -0.186. The second-order valence-electron chi connectivity index (χ2n) is 11.2. The number of aryl methyl sites for hydroxylation is 2. The number of piperazine rings is 1. The maximum Gasteiger partial charge on any atom is 0.262 e. The summed E-state index contributed by atoms with van der Waals surface area (Å²) >= 11 is 0. The lowest BCUT2D eigenvalue weighted by molar-refractivity contribution is 0.102. The van der Waals surface area contributed by atoms with E-state index in [1.807, 2.05) is 41.0 Å². The predicted octanol–water partition coefficient (Wildman–Crippen LogP) is 4.88. The van der Waals surface area contributed by atoms with Crippen molar-refractivity contribution in [2.45, 2.75) is 32.9 Å². The highest BCUT2D eigenvalue weighted by Crippen LogP contribution is 2.28. The maximum absolute atomic E-state index is 13.3. The number of para-hydroxylation sites is 1. The number of nitrogens with zero attached hydrogens (tertiary/aromatic N) is 4. The number of pyridine rings is 1. The number of benzene rings is 3. The smallest absolute Gasteiger partial charge is 0.262 e. The Kier molecular flexibility index (Phi) is 6.65. The molecule has 5 aromatic rings. The van der Waals surface area contributed by atoms with Crippen LogP contribution in [0.15, 0.2) is 71.5 Å². The van der Waals surface area contributed by atoms with Crippen molar-refractivity contribution < 1.29 is 4.79 Å². The van der Waals surface area contributed by atoms with Gasteiger partial charge in [0.15, 0.2) is 0 Å². The van der Waals surface area contributed by atoms with E-state index in [0.717, 1.165) is 61.3 Å². The van der Waals surface area contributed by atoms with E-state index in [0.29, 0.717) is 29.0 Å². The first kappa shape index (κ1) is 25.7. The summed E-state index contributed by atoms with van der Waals surface area (Å²) in [5.41, 5.74) is 6.71. The van der Waals surface area contributed by atoms with Crippen LogP contribution in [-0.4, -0.2) is 63.0 Å². The van der Waals surface area contributed by atoms with Gasteiger partial charge in [0.25, 0.3) is 11.5 Å². The van der Waals surface area contributed by atoms with Crippen molar-refractivity contribution in [3.05, 3.63) is 93.8 Å². The van der Waals surface area contributed by atoms with Crippen molar-refractivity contribution >= 4 is 33.5 Å². The number of imidazole rings is 1. The van der Waals surface area contributed by atoms with Crippen molar-refractivity contribution in [3.63, 3.8) is 0 Å². The molecule has 0 atom stereocenters. The molecule has 2 aliphatic rings. The second kappa shape index (κ2) is 10.6. The number of carbonyl (C=O) groups is 1. The van der Waals surface area contributed by atoms with Crippen LogP contribution in [0, 0.1) is 0 Å². The van der Waals surface area contributed by atoms with E-state index in [1.54, 1.807) is 12.1 Å². The number of fused-ring (bicyclic) bond motifs is 1. The number of nitrogens with one attached hydrogen (secondary N) is 2. The highest BCUT2D eigenvalue weighted by Gasteiger charge is 2.20. The Bertz CT molecular complexity index is 1810. The van der Waals surface area contributed by atoms with Crippen LogP contribution in [0.3, 0.4) is 0 Å². The number of hydrogen-bond donors (Lipinski definition) is 2. The van der Waals surface area contributed by atoms with Crippen LogP contribution < -0.4 is 10.9 Å². The molecule has 1 amide bonds. The summed E-state index contributed by atoms with van der Waals surface area (Å²) in [5, 5.41) is 4.05.